The maximum absolute atomic E-state index is 12.8. The zero-order valence-corrected chi connectivity index (χ0v) is 14.3. The fourth-order valence-electron chi connectivity index (χ4n) is 2.79. The van der Waals surface area contributed by atoms with Gasteiger partial charge < -0.3 is 0 Å². The monoisotopic (exact) mass is 375 g/mol. The van der Waals surface area contributed by atoms with E-state index in [9.17, 15) is 13.7 Å². The van der Waals surface area contributed by atoms with Crippen molar-refractivity contribution < 1.29 is 8.42 Å². The molecule has 1 aliphatic rings. The summed E-state index contributed by atoms with van der Waals surface area (Å²) in [6, 6.07) is 16.5. The van der Waals surface area contributed by atoms with Crippen LogP contribution in [0.4, 0.5) is 0 Å². The average molecular weight is 376 g/mol. The molecule has 0 N–H and O–H groups in total. The van der Waals surface area contributed by atoms with E-state index in [0.29, 0.717) is 4.90 Å². The molecular formula is C17H14BrNO2S. The molecule has 0 saturated heterocycles. The largest absolute Gasteiger partial charge is 0.223 e. The molecule has 2 aromatic rings. The van der Waals surface area contributed by atoms with Gasteiger partial charge in [0.05, 0.1) is 22.1 Å². The lowest BCUT2D eigenvalue weighted by Crippen LogP contribution is -2.10. The lowest BCUT2D eigenvalue weighted by atomic mass is 10.1. The minimum absolute atomic E-state index is 0.246. The lowest BCUT2D eigenvalue weighted by Gasteiger charge is -2.04. The Labute approximate surface area is 138 Å². The second-order valence-corrected chi connectivity index (χ2v) is 8.58. The molecule has 1 aliphatic carbocycles. The lowest BCUT2D eigenvalue weighted by molar-refractivity contribution is 0.593. The zero-order valence-electron chi connectivity index (χ0n) is 11.9. The minimum Gasteiger partial charge on any atom is -0.223 e. The van der Waals surface area contributed by atoms with Gasteiger partial charge >= 0.3 is 0 Å². The molecule has 0 aromatic heterocycles. The first-order valence-electron chi connectivity index (χ1n) is 6.91. The first-order valence-corrected chi connectivity index (χ1v) is 9.25. The zero-order chi connectivity index (χ0) is 15.9. The highest BCUT2D eigenvalue weighted by molar-refractivity contribution is 9.10. The van der Waals surface area contributed by atoms with Crippen molar-refractivity contribution in [3.05, 3.63) is 64.1 Å². The molecule has 1 saturated carbocycles. The molecule has 0 aliphatic heterocycles. The third-order valence-corrected chi connectivity index (χ3v) is 6.83. The maximum atomic E-state index is 12.8. The Kier molecular flexibility index (Phi) is 3.84. The summed E-state index contributed by atoms with van der Waals surface area (Å²) in [5.41, 5.74) is 1.91. The number of halogens is 1. The predicted octanol–water partition coefficient (Wildman–Crippen LogP) is 3.84. The van der Waals surface area contributed by atoms with Crippen LogP contribution >= 0.6 is 15.9 Å². The summed E-state index contributed by atoms with van der Waals surface area (Å²) >= 11 is 3.36. The molecule has 5 heteroatoms. The van der Waals surface area contributed by atoms with Gasteiger partial charge in [-0.05, 0) is 36.8 Å². The highest BCUT2D eigenvalue weighted by Crippen LogP contribution is 2.53. The molecule has 0 bridgehead atoms. The number of rotatable bonds is 3. The van der Waals surface area contributed by atoms with E-state index >= 15 is 0 Å². The summed E-state index contributed by atoms with van der Waals surface area (Å²) in [5, 5.41) is 8.64. The second-order valence-electron chi connectivity index (χ2n) is 5.55. The fourth-order valence-corrected chi connectivity index (χ4v) is 5.12. The Morgan fingerprint density at radius 1 is 1.05 bits per heavy atom. The number of nitriles is 1. The molecule has 22 heavy (non-hydrogen) atoms. The van der Waals surface area contributed by atoms with Crippen LogP contribution in [0.3, 0.4) is 0 Å². The summed E-state index contributed by atoms with van der Waals surface area (Å²) in [7, 11) is -3.49. The number of hydrogen-bond donors (Lipinski definition) is 0. The van der Waals surface area contributed by atoms with Gasteiger partial charge in [-0.3, -0.25) is 0 Å². The molecule has 1 fully saturated rings. The van der Waals surface area contributed by atoms with Crippen molar-refractivity contribution >= 4 is 25.8 Å². The Balaban J connectivity index is 1.95. The summed E-state index contributed by atoms with van der Waals surface area (Å²) in [5.74, 6) is -0.725. The third-order valence-electron chi connectivity index (χ3n) is 4.07. The van der Waals surface area contributed by atoms with E-state index in [-0.39, 0.29) is 5.92 Å². The second kappa shape index (κ2) is 5.53. The smallest absolute Gasteiger partial charge is 0.183 e. The van der Waals surface area contributed by atoms with Crippen LogP contribution in [0.25, 0.3) is 0 Å². The van der Waals surface area contributed by atoms with Gasteiger partial charge in [0, 0.05) is 10.4 Å². The normalized spacial score (nSPS) is 23.8. The molecule has 112 valence electrons. The third kappa shape index (κ3) is 2.57. The van der Waals surface area contributed by atoms with Crippen molar-refractivity contribution in [2.24, 2.45) is 5.92 Å². The van der Waals surface area contributed by atoms with Gasteiger partial charge in [-0.25, -0.2) is 8.42 Å². The number of hydrogen-bond acceptors (Lipinski definition) is 3. The minimum atomic E-state index is -3.49. The Hall–Kier alpha value is -1.64. The molecular weight excluding hydrogens is 362 g/mol. The molecule has 0 radical (unpaired) electrons. The summed E-state index contributed by atoms with van der Waals surface area (Å²) in [4.78, 5) is 0.294. The van der Waals surface area contributed by atoms with E-state index in [1.165, 1.54) is 0 Å². The predicted molar refractivity (Wildman–Crippen MR) is 88.1 cm³/mol. The van der Waals surface area contributed by atoms with Gasteiger partial charge in [0.1, 0.15) is 0 Å². The summed E-state index contributed by atoms with van der Waals surface area (Å²) in [6.07, 6.45) is 0. The molecule has 2 aromatic carbocycles. The van der Waals surface area contributed by atoms with Gasteiger partial charge in [-0.2, -0.15) is 5.26 Å². The standard InChI is InChI=1S/C17H14BrNO2S/c1-11-2-8-14(9-3-11)22(20,21)17-15(10-19)16(17)12-4-6-13(18)7-5-12/h2-9,15-17H,1H3/t15-,16+,17-/m1/s1. The molecule has 0 unspecified atom stereocenters. The first-order chi connectivity index (χ1) is 10.4. The fraction of sp³-hybridized carbons (Fsp3) is 0.235. The van der Waals surface area contributed by atoms with Crippen LogP contribution < -0.4 is 0 Å². The van der Waals surface area contributed by atoms with Crippen LogP contribution in [-0.2, 0) is 9.84 Å². The number of nitrogens with zero attached hydrogens (tertiary/aromatic N) is 1. The van der Waals surface area contributed by atoms with Gasteiger partial charge in [0.2, 0.25) is 0 Å². The van der Waals surface area contributed by atoms with E-state index in [4.69, 9.17) is 0 Å². The van der Waals surface area contributed by atoms with Gasteiger partial charge in [-0.15, -0.1) is 0 Å². The molecule has 0 spiro atoms. The van der Waals surface area contributed by atoms with Crippen molar-refractivity contribution in [3.63, 3.8) is 0 Å². The van der Waals surface area contributed by atoms with Gasteiger partial charge in [0.15, 0.2) is 9.84 Å². The Morgan fingerprint density at radius 3 is 2.18 bits per heavy atom. The van der Waals surface area contributed by atoms with Gasteiger partial charge in [-0.1, -0.05) is 45.8 Å². The van der Waals surface area contributed by atoms with E-state index in [1.807, 2.05) is 31.2 Å². The summed E-state index contributed by atoms with van der Waals surface area (Å²) < 4.78 is 26.5. The molecule has 0 amide bonds. The van der Waals surface area contributed by atoms with Crippen LogP contribution in [0.1, 0.15) is 17.0 Å². The van der Waals surface area contributed by atoms with Gasteiger partial charge in [0.25, 0.3) is 0 Å². The van der Waals surface area contributed by atoms with Crippen LogP contribution in [0.15, 0.2) is 57.9 Å². The van der Waals surface area contributed by atoms with Crippen LogP contribution in [0.2, 0.25) is 0 Å². The molecule has 3 rings (SSSR count). The van der Waals surface area contributed by atoms with Crippen molar-refractivity contribution in [3.8, 4) is 6.07 Å². The van der Waals surface area contributed by atoms with E-state index in [1.54, 1.807) is 24.3 Å². The maximum Gasteiger partial charge on any atom is 0.183 e. The number of sulfone groups is 1. The average Bonchev–Trinajstić information content (AvgIpc) is 3.24. The summed E-state index contributed by atoms with van der Waals surface area (Å²) in [6.45, 7) is 1.91. The van der Waals surface area contributed by atoms with Crippen LogP contribution in [0, 0.1) is 24.2 Å². The van der Waals surface area contributed by atoms with E-state index < -0.39 is 21.0 Å². The first kappa shape index (κ1) is 15.3. The Bertz CT molecular complexity index is 836. The highest BCUT2D eigenvalue weighted by atomic mass is 79.9. The highest BCUT2D eigenvalue weighted by Gasteiger charge is 2.59. The Morgan fingerprint density at radius 2 is 1.64 bits per heavy atom. The quantitative estimate of drug-likeness (QED) is 0.818. The topological polar surface area (TPSA) is 57.9 Å². The van der Waals surface area contributed by atoms with E-state index in [2.05, 4.69) is 22.0 Å². The van der Waals surface area contributed by atoms with Crippen molar-refractivity contribution in [2.75, 3.05) is 0 Å². The van der Waals surface area contributed by atoms with Crippen LogP contribution in [-0.4, -0.2) is 13.7 Å². The van der Waals surface area contributed by atoms with Crippen molar-refractivity contribution in [2.45, 2.75) is 23.0 Å². The molecule has 0 heterocycles. The SMILES string of the molecule is Cc1ccc(S(=O)(=O)[C@@H]2[C@H](C#N)[C@@H]2c2ccc(Br)cc2)cc1. The molecule has 3 atom stereocenters. The van der Waals surface area contributed by atoms with Crippen LogP contribution in [0.5, 0.6) is 0 Å². The van der Waals surface area contributed by atoms with Crippen molar-refractivity contribution in [1.29, 1.82) is 5.26 Å². The van der Waals surface area contributed by atoms with E-state index in [0.717, 1.165) is 15.6 Å². The van der Waals surface area contributed by atoms with Crippen molar-refractivity contribution in [1.82, 2.24) is 0 Å². The molecule has 3 nitrogen and oxygen atoms in total. The number of benzene rings is 2. The number of aryl methyl sites for hydroxylation is 1.